The summed E-state index contributed by atoms with van der Waals surface area (Å²) < 4.78 is 0. The highest BCUT2D eigenvalue weighted by molar-refractivity contribution is 8.01. The Hall–Kier alpha value is -2.24. The van der Waals surface area contributed by atoms with Crippen LogP contribution in [0.1, 0.15) is 57.4 Å². The van der Waals surface area contributed by atoms with Gasteiger partial charge in [-0.25, -0.2) is 0 Å². The third kappa shape index (κ3) is 6.74. The lowest BCUT2D eigenvalue weighted by molar-refractivity contribution is -0.141. The van der Waals surface area contributed by atoms with E-state index in [1.165, 1.54) is 62.5 Å². The molecule has 3 unspecified atom stereocenters. The molecule has 5 atom stereocenters. The second kappa shape index (κ2) is 12.8. The number of nitrogens with one attached hydrogen (secondary N) is 1. The zero-order valence-electron chi connectivity index (χ0n) is 21.4. The summed E-state index contributed by atoms with van der Waals surface area (Å²) in [6, 6.07) is 10.5. The molecule has 0 bridgehead atoms. The molecule has 8 heteroatoms. The van der Waals surface area contributed by atoms with Crippen molar-refractivity contribution in [2.24, 2.45) is 17.8 Å². The lowest BCUT2D eigenvalue weighted by Gasteiger charge is -2.41. The fourth-order valence-corrected chi connectivity index (χ4v) is 7.73. The number of fused-ring (bicyclic) bond motifs is 1. The number of rotatable bonds is 11. The summed E-state index contributed by atoms with van der Waals surface area (Å²) in [5.41, 5.74) is 2.42. The number of thioether (sulfide) groups is 1. The van der Waals surface area contributed by atoms with Gasteiger partial charge in [0.15, 0.2) is 0 Å². The molecular formula is C28H40N4O3S. The van der Waals surface area contributed by atoms with Crippen LogP contribution in [-0.4, -0.2) is 70.1 Å². The molecule has 3 aliphatic rings. The van der Waals surface area contributed by atoms with Gasteiger partial charge in [-0.1, -0.05) is 31.4 Å². The molecule has 1 amide bonds. The topological polar surface area (TPSA) is 96.7 Å². The van der Waals surface area contributed by atoms with Gasteiger partial charge < -0.3 is 20.2 Å². The minimum atomic E-state index is -1.12. The van der Waals surface area contributed by atoms with Gasteiger partial charge in [-0.15, -0.1) is 11.8 Å². The number of hydrogen-bond acceptors (Lipinski definition) is 6. The lowest BCUT2D eigenvalue weighted by Crippen LogP contribution is -2.42. The van der Waals surface area contributed by atoms with Gasteiger partial charge in [-0.3, -0.25) is 9.59 Å². The van der Waals surface area contributed by atoms with Crippen molar-refractivity contribution in [1.82, 2.24) is 9.80 Å². The Morgan fingerprint density at radius 2 is 2.08 bits per heavy atom. The van der Waals surface area contributed by atoms with E-state index in [1.54, 1.807) is 4.90 Å². The Bertz CT molecular complexity index is 951. The number of amides is 1. The smallest absolute Gasteiger partial charge is 0.321 e. The van der Waals surface area contributed by atoms with Crippen molar-refractivity contribution in [3.05, 3.63) is 29.8 Å². The third-order valence-corrected chi connectivity index (χ3v) is 9.74. The summed E-state index contributed by atoms with van der Waals surface area (Å²) in [6.07, 6.45) is 8.96. The average molecular weight is 513 g/mol. The van der Waals surface area contributed by atoms with Gasteiger partial charge in [-0.2, -0.15) is 5.26 Å². The summed E-state index contributed by atoms with van der Waals surface area (Å²) in [6.45, 7) is 6.73. The van der Waals surface area contributed by atoms with E-state index in [4.69, 9.17) is 5.26 Å². The predicted molar refractivity (Wildman–Crippen MR) is 144 cm³/mol. The van der Waals surface area contributed by atoms with Crippen molar-refractivity contribution in [2.75, 3.05) is 38.0 Å². The minimum absolute atomic E-state index is 0.0480. The van der Waals surface area contributed by atoms with Crippen molar-refractivity contribution in [2.45, 2.75) is 68.9 Å². The van der Waals surface area contributed by atoms with Crippen LogP contribution in [0.15, 0.2) is 24.3 Å². The predicted octanol–water partition coefficient (Wildman–Crippen LogP) is 4.45. The number of carboxylic acid groups (broad SMARTS) is 1. The number of carboxylic acids is 1. The Balaban J connectivity index is 1.23. The normalized spacial score (nSPS) is 27.3. The third-order valence-electron chi connectivity index (χ3n) is 8.21. The van der Waals surface area contributed by atoms with E-state index in [2.05, 4.69) is 34.5 Å². The van der Waals surface area contributed by atoms with E-state index in [1.807, 2.05) is 13.0 Å². The average Bonchev–Trinajstić information content (AvgIpc) is 3.19. The summed E-state index contributed by atoms with van der Waals surface area (Å²) in [5.74, 6) is -0.276. The summed E-state index contributed by atoms with van der Waals surface area (Å²) in [5, 5.41) is 21.4. The van der Waals surface area contributed by atoms with E-state index in [0.717, 1.165) is 30.5 Å². The number of nitrogens with zero attached hydrogens (tertiary/aromatic N) is 3. The van der Waals surface area contributed by atoms with Crippen molar-refractivity contribution in [3.63, 3.8) is 0 Å². The maximum absolute atomic E-state index is 12.8. The number of carbonyl (C=O) groups excluding carboxylic acids is 1. The molecule has 0 spiro atoms. The molecule has 7 nitrogen and oxygen atoms in total. The van der Waals surface area contributed by atoms with E-state index in [0.29, 0.717) is 19.5 Å². The molecule has 2 saturated heterocycles. The van der Waals surface area contributed by atoms with Crippen LogP contribution in [0.2, 0.25) is 0 Å². The van der Waals surface area contributed by atoms with Crippen LogP contribution in [0.3, 0.4) is 0 Å². The number of piperidine rings is 1. The molecule has 1 aromatic rings. The highest BCUT2D eigenvalue weighted by Crippen LogP contribution is 2.37. The van der Waals surface area contributed by atoms with Crippen LogP contribution < -0.4 is 5.32 Å². The Kier molecular flexibility index (Phi) is 9.55. The molecule has 2 N–H and O–H groups in total. The second-order valence-corrected chi connectivity index (χ2v) is 11.9. The first-order chi connectivity index (χ1) is 17.5. The van der Waals surface area contributed by atoms with Crippen LogP contribution in [0, 0.1) is 29.1 Å². The van der Waals surface area contributed by atoms with Crippen LogP contribution in [0.25, 0.3) is 0 Å². The van der Waals surface area contributed by atoms with Gasteiger partial charge in [0.05, 0.1) is 16.7 Å². The minimum Gasteiger partial charge on any atom is -0.480 e. The van der Waals surface area contributed by atoms with E-state index in [-0.39, 0.29) is 23.0 Å². The molecule has 2 aliphatic heterocycles. The number of aliphatic carboxylic acids is 1. The zero-order valence-corrected chi connectivity index (χ0v) is 22.2. The zero-order chi connectivity index (χ0) is 25.5. The molecule has 0 aromatic heterocycles. The number of benzene rings is 1. The molecule has 2 heterocycles. The first-order valence-electron chi connectivity index (χ1n) is 13.6. The lowest BCUT2D eigenvalue weighted by atomic mass is 9.75. The number of carbonyl (C=O) groups is 2. The summed E-state index contributed by atoms with van der Waals surface area (Å²) in [4.78, 5) is 28.5. The second-order valence-electron chi connectivity index (χ2n) is 10.5. The maximum atomic E-state index is 12.8. The quantitative estimate of drug-likeness (QED) is 0.452. The van der Waals surface area contributed by atoms with Crippen molar-refractivity contribution >= 4 is 29.3 Å². The number of hydrogen-bond donors (Lipinski definition) is 2. The fraction of sp³-hybridized carbons (Fsp3) is 0.679. The maximum Gasteiger partial charge on any atom is 0.321 e. The molecule has 0 radical (unpaired) electrons. The van der Waals surface area contributed by atoms with Gasteiger partial charge in [0.25, 0.3) is 0 Å². The van der Waals surface area contributed by atoms with E-state index in [9.17, 15) is 14.7 Å². The number of likely N-dealkylation sites (tertiary alicyclic amines) is 1. The van der Waals surface area contributed by atoms with Crippen LogP contribution in [-0.2, 0) is 16.0 Å². The molecule has 196 valence electrons. The molecule has 1 aliphatic carbocycles. The van der Waals surface area contributed by atoms with Crippen molar-refractivity contribution < 1.29 is 14.7 Å². The largest absolute Gasteiger partial charge is 0.480 e. The molecular weight excluding hydrogens is 472 g/mol. The van der Waals surface area contributed by atoms with Crippen LogP contribution in [0.5, 0.6) is 0 Å². The monoisotopic (exact) mass is 512 g/mol. The molecule has 1 aromatic carbocycles. The van der Waals surface area contributed by atoms with Gasteiger partial charge in [0.1, 0.15) is 5.92 Å². The summed E-state index contributed by atoms with van der Waals surface area (Å²) >= 11 is 1.50. The number of nitriles is 1. The first-order valence-corrected chi connectivity index (χ1v) is 14.6. The Morgan fingerprint density at radius 1 is 1.28 bits per heavy atom. The highest BCUT2D eigenvalue weighted by atomic mass is 32.2. The van der Waals surface area contributed by atoms with Gasteiger partial charge in [-0.05, 0) is 68.7 Å². The van der Waals surface area contributed by atoms with Crippen LogP contribution >= 0.6 is 11.8 Å². The number of anilines is 1. The van der Waals surface area contributed by atoms with Crippen molar-refractivity contribution in [3.8, 4) is 6.07 Å². The molecule has 3 fully saturated rings. The molecule has 4 rings (SSSR count). The fourth-order valence-electron chi connectivity index (χ4n) is 6.14. The van der Waals surface area contributed by atoms with Crippen LogP contribution in [0.4, 0.5) is 5.69 Å². The first kappa shape index (κ1) is 26.8. The molecule has 1 saturated carbocycles. The van der Waals surface area contributed by atoms with E-state index < -0.39 is 11.9 Å². The SMILES string of the molecule is CCN1C(=O)C(CCNc2cccc(CCN3CC[C@H]4CCCC[C@@H]4C3)c2)SC1CC(C#N)C(=O)O. The molecule has 36 heavy (non-hydrogen) atoms. The summed E-state index contributed by atoms with van der Waals surface area (Å²) in [7, 11) is 0. The Morgan fingerprint density at radius 3 is 2.83 bits per heavy atom. The Labute approximate surface area is 219 Å². The highest BCUT2D eigenvalue weighted by Gasteiger charge is 2.41. The van der Waals surface area contributed by atoms with Gasteiger partial charge in [0.2, 0.25) is 5.91 Å². The standard InChI is InChI=1S/C28H40N4O3S/c1-2-32-26(17-23(18-29)28(34)35)36-25(27(32)33)10-13-30-24-9-5-6-20(16-24)11-14-31-15-12-21-7-3-4-8-22(21)19-31/h5-6,9,16,21-23,25-26,30H,2-4,7-8,10-15,17,19H2,1H3,(H,34,35)/t21-,22-,23?,25?,26?/m1/s1. The van der Waals surface area contributed by atoms with Crippen molar-refractivity contribution in [1.29, 1.82) is 5.26 Å². The van der Waals surface area contributed by atoms with E-state index >= 15 is 0 Å². The van der Waals surface area contributed by atoms with Gasteiger partial charge in [0, 0.05) is 38.3 Å². The van der Waals surface area contributed by atoms with Gasteiger partial charge >= 0.3 is 5.97 Å².